The molecule has 0 aliphatic rings. The number of hydrogen-bond donors (Lipinski definition) is 0. The Morgan fingerprint density at radius 1 is 0.455 bits per heavy atom. The standard InChI is InChI=1S/C28H22O4S/c29-25(21-13-5-1-6-14-21)27(23-17-9-3-10-18-23)33(31,32)28(24-19-11-4-12-20-24)26(30)22-15-7-2-8-16-22/h1-20,27-28H. The molecule has 0 saturated heterocycles. The minimum absolute atomic E-state index is 0.272. The Bertz CT molecular complexity index is 1230. The Morgan fingerprint density at radius 2 is 0.727 bits per heavy atom. The third kappa shape index (κ3) is 4.69. The number of carbonyl (C=O) groups excluding carboxylic acids is 2. The lowest BCUT2D eigenvalue weighted by Gasteiger charge is -2.24. The molecule has 0 saturated carbocycles. The van der Waals surface area contributed by atoms with Crippen LogP contribution in [0.3, 0.4) is 0 Å². The lowest BCUT2D eigenvalue weighted by atomic mass is 10.0. The number of sulfone groups is 1. The van der Waals surface area contributed by atoms with Crippen LogP contribution in [0.4, 0.5) is 0 Å². The number of benzene rings is 4. The Kier molecular flexibility index (Phi) is 6.61. The Labute approximate surface area is 193 Å². The highest BCUT2D eigenvalue weighted by Gasteiger charge is 2.44. The fourth-order valence-corrected chi connectivity index (χ4v) is 6.09. The third-order valence-electron chi connectivity index (χ3n) is 5.45. The summed E-state index contributed by atoms with van der Waals surface area (Å²) >= 11 is 0. The zero-order valence-electron chi connectivity index (χ0n) is 17.7. The summed E-state index contributed by atoms with van der Waals surface area (Å²) in [6, 6.07) is 33.3. The van der Waals surface area contributed by atoms with Crippen molar-refractivity contribution in [1.82, 2.24) is 0 Å². The molecule has 164 valence electrons. The minimum atomic E-state index is -4.36. The van der Waals surface area contributed by atoms with Gasteiger partial charge in [0.1, 0.15) is 0 Å². The summed E-state index contributed by atoms with van der Waals surface area (Å²) in [5.41, 5.74) is 1.20. The molecule has 4 aromatic carbocycles. The van der Waals surface area contributed by atoms with Gasteiger partial charge in [0.2, 0.25) is 0 Å². The van der Waals surface area contributed by atoms with Crippen molar-refractivity contribution in [2.75, 3.05) is 0 Å². The first-order valence-corrected chi connectivity index (χ1v) is 12.1. The van der Waals surface area contributed by atoms with Gasteiger partial charge in [-0.1, -0.05) is 121 Å². The maximum absolute atomic E-state index is 14.2. The van der Waals surface area contributed by atoms with Crippen molar-refractivity contribution in [1.29, 1.82) is 0 Å². The van der Waals surface area contributed by atoms with Gasteiger partial charge in [0.15, 0.2) is 31.9 Å². The first kappa shape index (κ1) is 22.4. The van der Waals surface area contributed by atoms with E-state index in [1.54, 1.807) is 121 Å². The van der Waals surface area contributed by atoms with Gasteiger partial charge in [-0.25, -0.2) is 8.42 Å². The van der Waals surface area contributed by atoms with E-state index in [-0.39, 0.29) is 11.1 Å². The van der Waals surface area contributed by atoms with Crippen LogP contribution >= 0.6 is 0 Å². The SMILES string of the molecule is O=C(c1ccccc1)C(c1ccccc1)S(=O)(=O)C(C(=O)c1ccccc1)c1ccccc1. The molecule has 0 radical (unpaired) electrons. The molecule has 2 atom stereocenters. The second kappa shape index (κ2) is 9.76. The fourth-order valence-electron chi connectivity index (χ4n) is 3.88. The molecule has 0 aliphatic carbocycles. The molecule has 2 unspecified atom stereocenters. The van der Waals surface area contributed by atoms with Crippen LogP contribution in [0, 0.1) is 0 Å². The van der Waals surface area contributed by atoms with Crippen molar-refractivity contribution in [2.45, 2.75) is 10.5 Å². The average Bonchev–Trinajstić information content (AvgIpc) is 2.86. The number of ketones is 2. The van der Waals surface area contributed by atoms with E-state index in [1.165, 1.54) is 0 Å². The maximum Gasteiger partial charge on any atom is 0.185 e. The molecule has 0 N–H and O–H groups in total. The summed E-state index contributed by atoms with van der Waals surface area (Å²) in [7, 11) is -4.36. The van der Waals surface area contributed by atoms with Gasteiger partial charge >= 0.3 is 0 Å². The highest BCUT2D eigenvalue weighted by molar-refractivity contribution is 7.93. The second-order valence-electron chi connectivity index (χ2n) is 7.63. The van der Waals surface area contributed by atoms with Gasteiger partial charge in [-0.2, -0.15) is 0 Å². The number of hydrogen-bond acceptors (Lipinski definition) is 4. The van der Waals surface area contributed by atoms with Crippen LogP contribution in [-0.4, -0.2) is 20.0 Å². The molecule has 0 aliphatic heterocycles. The predicted molar refractivity (Wildman–Crippen MR) is 129 cm³/mol. The zero-order chi connectivity index (χ0) is 23.3. The fraction of sp³-hybridized carbons (Fsp3) is 0.0714. The van der Waals surface area contributed by atoms with Crippen LogP contribution in [0.1, 0.15) is 42.3 Å². The highest BCUT2D eigenvalue weighted by atomic mass is 32.2. The molecule has 0 spiro atoms. The molecular weight excluding hydrogens is 432 g/mol. The lowest BCUT2D eigenvalue weighted by Crippen LogP contribution is -2.31. The van der Waals surface area contributed by atoms with Gasteiger partial charge in [-0.3, -0.25) is 9.59 Å². The molecule has 4 nitrogen and oxygen atoms in total. The normalized spacial score (nSPS) is 13.1. The molecule has 0 amide bonds. The zero-order valence-corrected chi connectivity index (χ0v) is 18.6. The Balaban J connectivity index is 1.91. The lowest BCUT2D eigenvalue weighted by molar-refractivity contribution is 0.0982. The van der Waals surface area contributed by atoms with E-state index in [4.69, 9.17) is 0 Å². The minimum Gasteiger partial charge on any atom is -0.292 e. The summed E-state index contributed by atoms with van der Waals surface area (Å²) in [5, 5.41) is -3.06. The van der Waals surface area contributed by atoms with Crippen LogP contribution < -0.4 is 0 Å². The number of carbonyl (C=O) groups is 2. The number of Topliss-reactive ketones (excluding diaryl/α,β-unsaturated/α-hetero) is 2. The van der Waals surface area contributed by atoms with Gasteiger partial charge in [0.05, 0.1) is 0 Å². The molecule has 0 fully saturated rings. The maximum atomic E-state index is 14.2. The highest BCUT2D eigenvalue weighted by Crippen LogP contribution is 2.38. The first-order chi connectivity index (χ1) is 16.0. The molecule has 0 bridgehead atoms. The quantitative estimate of drug-likeness (QED) is 0.323. The average molecular weight is 455 g/mol. The van der Waals surface area contributed by atoms with Gasteiger partial charge in [0, 0.05) is 11.1 Å². The summed E-state index contributed by atoms with van der Waals surface area (Å²) in [6.07, 6.45) is 0. The Hall–Kier alpha value is -3.83. The van der Waals surface area contributed by atoms with Crippen LogP contribution in [0.2, 0.25) is 0 Å². The second-order valence-corrected chi connectivity index (χ2v) is 9.75. The van der Waals surface area contributed by atoms with Crippen LogP contribution in [-0.2, 0) is 9.84 Å². The molecule has 33 heavy (non-hydrogen) atoms. The largest absolute Gasteiger partial charge is 0.292 e. The molecule has 4 aromatic rings. The van der Waals surface area contributed by atoms with Crippen molar-refractivity contribution in [3.05, 3.63) is 144 Å². The van der Waals surface area contributed by atoms with E-state index >= 15 is 0 Å². The van der Waals surface area contributed by atoms with Crippen molar-refractivity contribution < 1.29 is 18.0 Å². The molecule has 4 rings (SSSR count). The summed E-state index contributed by atoms with van der Waals surface area (Å²) < 4.78 is 28.4. The molecule has 0 heterocycles. The smallest absolute Gasteiger partial charge is 0.185 e. The van der Waals surface area contributed by atoms with E-state index in [9.17, 15) is 18.0 Å². The summed E-state index contributed by atoms with van der Waals surface area (Å²) in [4.78, 5) is 27.2. The van der Waals surface area contributed by atoms with Crippen molar-refractivity contribution in [3.8, 4) is 0 Å². The van der Waals surface area contributed by atoms with Crippen LogP contribution in [0.5, 0.6) is 0 Å². The van der Waals surface area contributed by atoms with Crippen molar-refractivity contribution in [3.63, 3.8) is 0 Å². The third-order valence-corrected chi connectivity index (χ3v) is 7.74. The van der Waals surface area contributed by atoms with E-state index < -0.39 is 31.9 Å². The van der Waals surface area contributed by atoms with E-state index in [0.29, 0.717) is 11.1 Å². The number of rotatable bonds is 8. The van der Waals surface area contributed by atoms with Gasteiger partial charge < -0.3 is 0 Å². The van der Waals surface area contributed by atoms with Crippen molar-refractivity contribution >= 4 is 21.4 Å². The van der Waals surface area contributed by atoms with Gasteiger partial charge in [-0.15, -0.1) is 0 Å². The van der Waals surface area contributed by atoms with E-state index in [1.807, 2.05) is 0 Å². The molecule has 0 aromatic heterocycles. The van der Waals surface area contributed by atoms with E-state index in [0.717, 1.165) is 0 Å². The van der Waals surface area contributed by atoms with Crippen LogP contribution in [0.15, 0.2) is 121 Å². The topological polar surface area (TPSA) is 68.3 Å². The van der Waals surface area contributed by atoms with Gasteiger partial charge in [-0.05, 0) is 11.1 Å². The monoisotopic (exact) mass is 454 g/mol. The first-order valence-electron chi connectivity index (χ1n) is 10.5. The summed E-state index contributed by atoms with van der Waals surface area (Å²) in [6.45, 7) is 0. The summed E-state index contributed by atoms with van der Waals surface area (Å²) in [5.74, 6) is -1.13. The molecule has 5 heteroatoms. The van der Waals surface area contributed by atoms with E-state index in [2.05, 4.69) is 0 Å². The van der Waals surface area contributed by atoms with Crippen molar-refractivity contribution in [2.24, 2.45) is 0 Å². The Morgan fingerprint density at radius 3 is 1.03 bits per heavy atom. The predicted octanol–water partition coefficient (Wildman–Crippen LogP) is 5.65. The molecular formula is C28H22O4S. The van der Waals surface area contributed by atoms with Crippen LogP contribution in [0.25, 0.3) is 0 Å². The van der Waals surface area contributed by atoms with Gasteiger partial charge in [0.25, 0.3) is 0 Å².